The van der Waals surface area contributed by atoms with Crippen molar-refractivity contribution in [3.63, 3.8) is 0 Å². The Bertz CT molecular complexity index is 1010. The standard InChI is InChI=1S/C20H21N5/c1-3-18-23-24-20-19(21-13-14(2)15-9-5-4-6-10-15)22-16-11-7-8-12-17(16)25(18)20/h4-12,14H,3,13H2,1-2H3,(H,21,22)/t14-/m1/s1. The summed E-state index contributed by atoms with van der Waals surface area (Å²) in [5.41, 5.74) is 4.08. The molecule has 0 aliphatic carbocycles. The second-order valence-electron chi connectivity index (χ2n) is 6.27. The molecule has 2 aromatic carbocycles. The number of hydrogen-bond donors (Lipinski definition) is 1. The highest BCUT2D eigenvalue weighted by Gasteiger charge is 2.14. The summed E-state index contributed by atoms with van der Waals surface area (Å²) in [6.45, 7) is 5.09. The van der Waals surface area contributed by atoms with Gasteiger partial charge in [-0.2, -0.15) is 0 Å². The summed E-state index contributed by atoms with van der Waals surface area (Å²) in [5.74, 6) is 2.12. The van der Waals surface area contributed by atoms with E-state index in [0.29, 0.717) is 5.92 Å². The van der Waals surface area contributed by atoms with Crippen LogP contribution in [0.3, 0.4) is 0 Å². The molecule has 1 N–H and O–H groups in total. The SMILES string of the molecule is CCc1nnc2c(NC[C@@H](C)c3ccccc3)nc3ccccc3n12. The van der Waals surface area contributed by atoms with E-state index in [1.54, 1.807) is 0 Å². The normalized spacial score (nSPS) is 12.6. The van der Waals surface area contributed by atoms with Crippen LogP contribution >= 0.6 is 0 Å². The molecule has 0 saturated carbocycles. The number of nitrogens with zero attached hydrogens (tertiary/aromatic N) is 4. The lowest BCUT2D eigenvalue weighted by atomic mass is 10.0. The highest BCUT2D eigenvalue weighted by atomic mass is 15.3. The number of para-hydroxylation sites is 2. The Balaban J connectivity index is 1.72. The van der Waals surface area contributed by atoms with Crippen LogP contribution in [0.4, 0.5) is 5.82 Å². The number of hydrogen-bond acceptors (Lipinski definition) is 4. The van der Waals surface area contributed by atoms with Gasteiger partial charge in [0.2, 0.25) is 5.65 Å². The minimum atomic E-state index is 0.378. The first-order valence-electron chi connectivity index (χ1n) is 8.69. The second kappa shape index (κ2) is 6.51. The number of nitrogens with one attached hydrogen (secondary N) is 1. The molecular weight excluding hydrogens is 310 g/mol. The summed E-state index contributed by atoms with van der Waals surface area (Å²) in [5, 5.41) is 12.2. The van der Waals surface area contributed by atoms with E-state index in [-0.39, 0.29) is 0 Å². The quantitative estimate of drug-likeness (QED) is 0.599. The summed E-state index contributed by atoms with van der Waals surface area (Å²) in [6, 6.07) is 18.6. The molecule has 0 spiro atoms. The molecule has 0 bridgehead atoms. The molecule has 126 valence electrons. The number of aryl methyl sites for hydroxylation is 1. The third-order valence-electron chi connectivity index (χ3n) is 4.56. The zero-order chi connectivity index (χ0) is 17.2. The van der Waals surface area contributed by atoms with Gasteiger partial charge in [0.25, 0.3) is 0 Å². The van der Waals surface area contributed by atoms with Gasteiger partial charge in [0.1, 0.15) is 5.82 Å². The number of anilines is 1. The van der Waals surface area contributed by atoms with Crippen LogP contribution in [0.1, 0.15) is 31.2 Å². The highest BCUT2D eigenvalue weighted by Crippen LogP contribution is 2.23. The third-order valence-corrected chi connectivity index (χ3v) is 4.56. The van der Waals surface area contributed by atoms with Gasteiger partial charge in [0, 0.05) is 13.0 Å². The molecule has 0 fully saturated rings. The van der Waals surface area contributed by atoms with Crippen molar-refractivity contribution in [2.45, 2.75) is 26.2 Å². The van der Waals surface area contributed by atoms with E-state index >= 15 is 0 Å². The zero-order valence-corrected chi connectivity index (χ0v) is 14.5. The number of benzene rings is 2. The maximum atomic E-state index is 4.78. The van der Waals surface area contributed by atoms with Gasteiger partial charge in [0.15, 0.2) is 5.82 Å². The van der Waals surface area contributed by atoms with E-state index in [1.807, 2.05) is 24.3 Å². The molecule has 0 unspecified atom stereocenters. The van der Waals surface area contributed by atoms with Crippen LogP contribution in [0.5, 0.6) is 0 Å². The van der Waals surface area contributed by atoms with Gasteiger partial charge in [-0.15, -0.1) is 10.2 Å². The Kier molecular flexibility index (Phi) is 4.06. The van der Waals surface area contributed by atoms with Crippen molar-refractivity contribution in [3.8, 4) is 0 Å². The average Bonchev–Trinajstić information content (AvgIpc) is 3.11. The average molecular weight is 331 g/mol. The van der Waals surface area contributed by atoms with Crippen molar-refractivity contribution in [1.82, 2.24) is 19.6 Å². The van der Waals surface area contributed by atoms with Crippen LogP contribution in [-0.2, 0) is 6.42 Å². The van der Waals surface area contributed by atoms with Crippen LogP contribution in [0.25, 0.3) is 16.7 Å². The van der Waals surface area contributed by atoms with E-state index in [4.69, 9.17) is 4.98 Å². The third kappa shape index (κ3) is 2.82. The van der Waals surface area contributed by atoms with Crippen molar-refractivity contribution in [2.75, 3.05) is 11.9 Å². The summed E-state index contributed by atoms with van der Waals surface area (Å²) in [7, 11) is 0. The van der Waals surface area contributed by atoms with Gasteiger partial charge in [-0.25, -0.2) is 4.98 Å². The minimum absolute atomic E-state index is 0.378. The van der Waals surface area contributed by atoms with Gasteiger partial charge in [-0.1, -0.05) is 56.3 Å². The first-order chi connectivity index (χ1) is 12.3. The van der Waals surface area contributed by atoms with Gasteiger partial charge in [-0.3, -0.25) is 4.40 Å². The van der Waals surface area contributed by atoms with Gasteiger partial charge < -0.3 is 5.32 Å². The Hall–Kier alpha value is -2.95. The van der Waals surface area contributed by atoms with E-state index in [9.17, 15) is 0 Å². The molecular formula is C20H21N5. The molecule has 1 atom stereocenters. The van der Waals surface area contributed by atoms with E-state index in [1.165, 1.54) is 5.56 Å². The van der Waals surface area contributed by atoms with Crippen LogP contribution in [0, 0.1) is 0 Å². The first kappa shape index (κ1) is 15.6. The lowest BCUT2D eigenvalue weighted by molar-refractivity contribution is 0.802. The van der Waals surface area contributed by atoms with E-state index < -0.39 is 0 Å². The molecule has 2 heterocycles. The van der Waals surface area contributed by atoms with Gasteiger partial charge in [-0.05, 0) is 23.6 Å². The molecule has 4 aromatic rings. The highest BCUT2D eigenvalue weighted by molar-refractivity contribution is 5.82. The fraction of sp³-hybridized carbons (Fsp3) is 0.250. The maximum Gasteiger partial charge on any atom is 0.204 e. The lowest BCUT2D eigenvalue weighted by Gasteiger charge is -2.14. The number of fused-ring (bicyclic) bond motifs is 3. The zero-order valence-electron chi connectivity index (χ0n) is 14.5. The summed E-state index contributed by atoms with van der Waals surface area (Å²) in [4.78, 5) is 4.78. The fourth-order valence-electron chi connectivity index (χ4n) is 3.14. The predicted molar refractivity (Wildman–Crippen MR) is 101 cm³/mol. The molecule has 0 aliphatic heterocycles. The van der Waals surface area contributed by atoms with Crippen LogP contribution < -0.4 is 5.32 Å². The molecule has 0 amide bonds. The summed E-state index contributed by atoms with van der Waals surface area (Å²) < 4.78 is 2.11. The van der Waals surface area contributed by atoms with Gasteiger partial charge >= 0.3 is 0 Å². The minimum Gasteiger partial charge on any atom is -0.366 e. The summed E-state index contributed by atoms with van der Waals surface area (Å²) in [6.07, 6.45) is 0.828. The fourth-order valence-corrected chi connectivity index (χ4v) is 3.14. The van der Waals surface area contributed by atoms with Crippen molar-refractivity contribution in [1.29, 1.82) is 0 Å². The molecule has 0 saturated heterocycles. The monoisotopic (exact) mass is 331 g/mol. The van der Waals surface area contributed by atoms with E-state index in [2.05, 4.69) is 64.1 Å². The van der Waals surface area contributed by atoms with Crippen molar-refractivity contribution >= 4 is 22.5 Å². The Morgan fingerprint density at radius 3 is 2.56 bits per heavy atom. The molecule has 4 rings (SSSR count). The van der Waals surface area contributed by atoms with Crippen LogP contribution in [0.2, 0.25) is 0 Å². The Labute approximate surface area is 146 Å². The van der Waals surface area contributed by atoms with Crippen LogP contribution in [0.15, 0.2) is 54.6 Å². The first-order valence-corrected chi connectivity index (χ1v) is 8.69. The Morgan fingerprint density at radius 1 is 1.00 bits per heavy atom. The Morgan fingerprint density at radius 2 is 1.76 bits per heavy atom. The van der Waals surface area contributed by atoms with Crippen LogP contribution in [-0.4, -0.2) is 26.1 Å². The van der Waals surface area contributed by atoms with Crippen molar-refractivity contribution in [3.05, 3.63) is 66.0 Å². The molecule has 5 nitrogen and oxygen atoms in total. The predicted octanol–water partition coefficient (Wildman–Crippen LogP) is 4.06. The second-order valence-corrected chi connectivity index (χ2v) is 6.27. The smallest absolute Gasteiger partial charge is 0.204 e. The molecule has 2 aromatic heterocycles. The van der Waals surface area contributed by atoms with Crippen molar-refractivity contribution in [2.24, 2.45) is 0 Å². The number of aromatic nitrogens is 4. The summed E-state index contributed by atoms with van der Waals surface area (Å²) >= 11 is 0. The lowest BCUT2D eigenvalue weighted by Crippen LogP contribution is -2.12. The molecule has 0 radical (unpaired) electrons. The van der Waals surface area contributed by atoms with Gasteiger partial charge in [0.05, 0.1) is 11.0 Å². The topological polar surface area (TPSA) is 55.1 Å². The molecule has 25 heavy (non-hydrogen) atoms. The number of rotatable bonds is 5. The van der Waals surface area contributed by atoms with Crippen molar-refractivity contribution < 1.29 is 0 Å². The maximum absolute atomic E-state index is 4.78. The molecule has 0 aliphatic rings. The molecule has 5 heteroatoms. The van der Waals surface area contributed by atoms with E-state index in [0.717, 1.165) is 41.3 Å². The largest absolute Gasteiger partial charge is 0.366 e.